The van der Waals surface area contributed by atoms with Crippen LogP contribution < -0.4 is 0 Å². The Bertz CT molecular complexity index is 460. The highest BCUT2D eigenvalue weighted by Crippen LogP contribution is 2.20. The first kappa shape index (κ1) is 28.4. The van der Waals surface area contributed by atoms with E-state index in [4.69, 9.17) is 4.99 Å². The lowest BCUT2D eigenvalue weighted by Crippen LogP contribution is -2.52. The lowest BCUT2D eigenvalue weighted by Gasteiger charge is -2.33. The van der Waals surface area contributed by atoms with Crippen LogP contribution in [0.2, 0.25) is 0 Å². The highest BCUT2D eigenvalue weighted by molar-refractivity contribution is 5.76. The number of rotatable bonds is 22. The highest BCUT2D eigenvalue weighted by atomic mass is 16.3. The van der Waals surface area contributed by atoms with Crippen LogP contribution in [0.3, 0.4) is 0 Å². The Morgan fingerprint density at radius 2 is 1.26 bits per heavy atom. The number of unbranched alkanes of at least 4 members (excludes halogenated alkanes) is 15. The summed E-state index contributed by atoms with van der Waals surface area (Å²) >= 11 is 0. The molecule has 0 radical (unpaired) electrons. The van der Waals surface area contributed by atoms with Crippen LogP contribution in [0.4, 0.5) is 0 Å². The minimum atomic E-state index is 0.282. The summed E-state index contributed by atoms with van der Waals surface area (Å²) in [4.78, 5) is 4.77. The molecule has 1 heterocycles. The molecule has 1 rings (SSSR count). The Labute approximate surface area is 195 Å². The van der Waals surface area contributed by atoms with Gasteiger partial charge in [-0.2, -0.15) is 0 Å². The van der Waals surface area contributed by atoms with E-state index in [-0.39, 0.29) is 6.61 Å². The molecule has 1 aliphatic rings. The first-order valence-electron chi connectivity index (χ1n) is 13.9. The Morgan fingerprint density at radius 3 is 1.77 bits per heavy atom. The number of allylic oxidation sites excluding steroid dienone is 2. The number of amidine groups is 1. The molecule has 31 heavy (non-hydrogen) atoms. The highest BCUT2D eigenvalue weighted by Gasteiger charge is 2.35. The minimum absolute atomic E-state index is 0.282. The van der Waals surface area contributed by atoms with Gasteiger partial charge in [-0.15, -0.1) is 0 Å². The maximum atomic E-state index is 9.40. The molecule has 0 aromatic heterocycles. The third kappa shape index (κ3) is 13.5. The van der Waals surface area contributed by atoms with E-state index in [2.05, 4.69) is 26.0 Å². The third-order valence-corrected chi connectivity index (χ3v) is 7.15. The van der Waals surface area contributed by atoms with Crippen LogP contribution in [-0.4, -0.2) is 48.2 Å². The van der Waals surface area contributed by atoms with Crippen molar-refractivity contribution in [1.82, 2.24) is 0 Å². The van der Waals surface area contributed by atoms with E-state index in [1.165, 1.54) is 115 Å². The van der Waals surface area contributed by atoms with Crippen molar-refractivity contribution < 1.29 is 9.59 Å². The zero-order valence-corrected chi connectivity index (χ0v) is 21.3. The number of aliphatic hydroxyl groups is 1. The fourth-order valence-corrected chi connectivity index (χ4v) is 4.97. The van der Waals surface area contributed by atoms with E-state index in [0.29, 0.717) is 0 Å². The molecule has 0 fully saturated rings. The summed E-state index contributed by atoms with van der Waals surface area (Å²) in [5.74, 6) is 1.36. The van der Waals surface area contributed by atoms with Crippen LogP contribution in [0.25, 0.3) is 0 Å². The van der Waals surface area contributed by atoms with Gasteiger partial charge in [-0.05, 0) is 32.6 Å². The van der Waals surface area contributed by atoms with Crippen LogP contribution in [0.15, 0.2) is 17.1 Å². The maximum Gasteiger partial charge on any atom is 0.198 e. The molecule has 0 aromatic carbocycles. The molecular formula is C28H55N2O+. The quantitative estimate of drug-likeness (QED) is 0.105. The molecule has 3 heteroatoms. The van der Waals surface area contributed by atoms with Gasteiger partial charge in [-0.1, -0.05) is 103 Å². The third-order valence-electron chi connectivity index (χ3n) is 7.15. The molecule has 1 unspecified atom stereocenters. The summed E-state index contributed by atoms with van der Waals surface area (Å²) in [6.45, 7) is 8.76. The van der Waals surface area contributed by atoms with Crippen LogP contribution in [0, 0.1) is 0 Å². The Hall–Kier alpha value is -0.670. The molecule has 0 aliphatic carbocycles. The first-order chi connectivity index (χ1) is 15.3. The fraction of sp³-hybridized carbons (Fsp3) is 0.893. The van der Waals surface area contributed by atoms with E-state index in [1.807, 2.05) is 0 Å². The van der Waals surface area contributed by atoms with E-state index in [1.54, 1.807) is 0 Å². The summed E-state index contributed by atoms with van der Waals surface area (Å²) < 4.78 is 0.951. The molecule has 0 saturated carbocycles. The van der Waals surface area contributed by atoms with Crippen molar-refractivity contribution in [3.05, 3.63) is 12.2 Å². The van der Waals surface area contributed by atoms with Crippen LogP contribution in [0.5, 0.6) is 0 Å². The standard InChI is InChI=1S/C28H55N2O/c1-3-5-6-7-8-9-10-11-12-13-14-15-16-17-18-19-20-21-22-23-28-29-24-25-30(28,4-2)26-27-31/h6-7,31H,3-5,8-27H2,1-2H3/q+1/b7-6+. The molecule has 0 amide bonds. The molecule has 3 nitrogen and oxygen atoms in total. The maximum absolute atomic E-state index is 9.40. The lowest BCUT2D eigenvalue weighted by molar-refractivity contribution is -0.835. The average Bonchev–Trinajstić information content (AvgIpc) is 3.18. The lowest BCUT2D eigenvalue weighted by atomic mass is 10.0. The minimum Gasteiger partial charge on any atom is -0.390 e. The molecule has 1 aliphatic heterocycles. The molecule has 0 spiro atoms. The summed E-state index contributed by atoms with van der Waals surface area (Å²) in [6.07, 6.45) is 29.4. The van der Waals surface area contributed by atoms with Crippen LogP contribution >= 0.6 is 0 Å². The predicted molar refractivity (Wildman–Crippen MR) is 138 cm³/mol. The zero-order chi connectivity index (χ0) is 22.5. The Kier molecular flexibility index (Phi) is 18.3. The normalized spacial score (nSPS) is 18.9. The molecule has 1 atom stereocenters. The van der Waals surface area contributed by atoms with Gasteiger partial charge in [0.1, 0.15) is 13.1 Å². The fourth-order valence-electron chi connectivity index (χ4n) is 4.97. The van der Waals surface area contributed by atoms with Crippen molar-refractivity contribution >= 4 is 5.84 Å². The number of hydrogen-bond donors (Lipinski definition) is 1. The smallest absolute Gasteiger partial charge is 0.198 e. The predicted octanol–water partition coefficient (Wildman–Crippen LogP) is 7.83. The average molecular weight is 436 g/mol. The van der Waals surface area contributed by atoms with Gasteiger partial charge in [0.15, 0.2) is 5.84 Å². The summed E-state index contributed by atoms with van der Waals surface area (Å²) in [6, 6.07) is 0. The van der Waals surface area contributed by atoms with Gasteiger partial charge in [0, 0.05) is 6.42 Å². The molecule has 0 bridgehead atoms. The number of nitrogens with zero attached hydrogens (tertiary/aromatic N) is 2. The van der Waals surface area contributed by atoms with Gasteiger partial charge in [0.25, 0.3) is 0 Å². The van der Waals surface area contributed by atoms with Crippen molar-refractivity contribution in [3.8, 4) is 0 Å². The number of aliphatic hydroxyl groups excluding tert-OH is 1. The van der Waals surface area contributed by atoms with E-state index < -0.39 is 0 Å². The second kappa shape index (κ2) is 20.0. The van der Waals surface area contributed by atoms with Gasteiger partial charge in [0.2, 0.25) is 0 Å². The SMILES string of the molecule is CCC/C=C/CCCCCCCCCCCCCCCCC1=NCC[N+]1(CC)CCO. The molecular weight excluding hydrogens is 380 g/mol. The van der Waals surface area contributed by atoms with Gasteiger partial charge < -0.3 is 5.11 Å². The molecule has 0 aromatic rings. The largest absolute Gasteiger partial charge is 0.390 e. The monoisotopic (exact) mass is 435 g/mol. The van der Waals surface area contributed by atoms with Crippen molar-refractivity contribution in [2.45, 2.75) is 129 Å². The second-order valence-corrected chi connectivity index (χ2v) is 9.68. The second-order valence-electron chi connectivity index (χ2n) is 9.68. The van der Waals surface area contributed by atoms with Crippen LogP contribution in [-0.2, 0) is 0 Å². The van der Waals surface area contributed by atoms with Gasteiger partial charge >= 0.3 is 0 Å². The van der Waals surface area contributed by atoms with Gasteiger partial charge in [0.05, 0.1) is 19.7 Å². The molecule has 0 saturated heterocycles. The van der Waals surface area contributed by atoms with Crippen molar-refractivity contribution in [3.63, 3.8) is 0 Å². The van der Waals surface area contributed by atoms with Crippen molar-refractivity contribution in [2.75, 3.05) is 32.8 Å². The number of aliphatic imine (C=N–C) groups is 1. The summed E-state index contributed by atoms with van der Waals surface area (Å²) in [5, 5.41) is 9.40. The Balaban J connectivity index is 1.82. The van der Waals surface area contributed by atoms with E-state index in [9.17, 15) is 5.11 Å². The number of likely N-dealkylation sites (N-methyl/N-ethyl adjacent to an activating group) is 1. The first-order valence-corrected chi connectivity index (χ1v) is 13.9. The van der Waals surface area contributed by atoms with Crippen molar-refractivity contribution in [1.29, 1.82) is 0 Å². The molecule has 182 valence electrons. The van der Waals surface area contributed by atoms with E-state index >= 15 is 0 Å². The van der Waals surface area contributed by atoms with Gasteiger partial charge in [-0.3, -0.25) is 4.48 Å². The van der Waals surface area contributed by atoms with E-state index in [0.717, 1.165) is 37.1 Å². The van der Waals surface area contributed by atoms with Gasteiger partial charge in [-0.25, -0.2) is 4.99 Å². The summed E-state index contributed by atoms with van der Waals surface area (Å²) in [5.41, 5.74) is 0. The topological polar surface area (TPSA) is 32.6 Å². The summed E-state index contributed by atoms with van der Waals surface area (Å²) in [7, 11) is 0. The van der Waals surface area contributed by atoms with Crippen LogP contribution in [0.1, 0.15) is 129 Å². The zero-order valence-electron chi connectivity index (χ0n) is 21.3. The Morgan fingerprint density at radius 1 is 0.742 bits per heavy atom. The number of hydrogen-bond acceptors (Lipinski definition) is 2. The molecule has 1 N–H and O–H groups in total. The number of quaternary nitrogens is 1. The van der Waals surface area contributed by atoms with Crippen molar-refractivity contribution in [2.24, 2.45) is 4.99 Å².